The molecular weight excluding hydrogens is 238 g/mol. The summed E-state index contributed by atoms with van der Waals surface area (Å²) in [7, 11) is 0. The van der Waals surface area contributed by atoms with E-state index in [1.807, 2.05) is 13.8 Å². The lowest BCUT2D eigenvalue weighted by molar-refractivity contribution is -0.0691. The van der Waals surface area contributed by atoms with Gasteiger partial charge in [0.1, 0.15) is 23.5 Å². The molecule has 1 aromatic carbocycles. The van der Waals surface area contributed by atoms with E-state index in [-0.39, 0.29) is 11.2 Å². The van der Waals surface area contributed by atoms with Gasteiger partial charge < -0.3 is 9.84 Å². The maximum Gasteiger partial charge on any atom is 0.129 e. The van der Waals surface area contributed by atoms with Gasteiger partial charge in [0, 0.05) is 18.2 Å². The topological polar surface area (TPSA) is 29.5 Å². The zero-order valence-corrected chi connectivity index (χ0v) is 10.6. The zero-order chi connectivity index (χ0) is 13.3. The largest absolute Gasteiger partial charge is 0.487 e. The number of aliphatic hydroxyl groups is 1. The number of hydrogen-bond acceptors (Lipinski definition) is 2. The van der Waals surface area contributed by atoms with Gasteiger partial charge in [-0.05, 0) is 24.7 Å². The highest BCUT2D eigenvalue weighted by atomic mass is 19.1. The molecule has 0 amide bonds. The standard InChI is InChI=1S/C14H18F2O2/c1-14(2)5-3-4-12(13(14)17)18-11-7-9(15)6-10(16)8-11/h6-8,12-13,17H,3-5H2,1-2H3. The number of hydrogen-bond donors (Lipinski definition) is 1. The van der Waals surface area contributed by atoms with Crippen LogP contribution in [0.2, 0.25) is 0 Å². The first-order valence-electron chi connectivity index (χ1n) is 6.19. The molecule has 4 heteroatoms. The SMILES string of the molecule is CC1(C)CCCC(Oc2cc(F)cc(F)c2)C1O. The highest BCUT2D eigenvalue weighted by Crippen LogP contribution is 2.37. The third-order valence-corrected chi connectivity index (χ3v) is 3.59. The second-order valence-corrected chi connectivity index (χ2v) is 5.59. The lowest BCUT2D eigenvalue weighted by Crippen LogP contribution is -2.46. The predicted molar refractivity (Wildman–Crippen MR) is 64.4 cm³/mol. The minimum absolute atomic E-state index is 0.134. The fourth-order valence-corrected chi connectivity index (χ4v) is 2.46. The first kappa shape index (κ1) is 13.3. The summed E-state index contributed by atoms with van der Waals surface area (Å²) in [4.78, 5) is 0. The van der Waals surface area contributed by atoms with Crippen LogP contribution < -0.4 is 4.74 Å². The van der Waals surface area contributed by atoms with Crippen LogP contribution in [0.4, 0.5) is 8.78 Å². The van der Waals surface area contributed by atoms with E-state index in [0.29, 0.717) is 6.42 Å². The van der Waals surface area contributed by atoms with Crippen molar-refractivity contribution in [2.45, 2.75) is 45.3 Å². The van der Waals surface area contributed by atoms with Crippen molar-refractivity contribution in [1.82, 2.24) is 0 Å². The van der Waals surface area contributed by atoms with Crippen molar-refractivity contribution in [2.24, 2.45) is 5.41 Å². The van der Waals surface area contributed by atoms with Crippen molar-refractivity contribution in [2.75, 3.05) is 0 Å². The maximum atomic E-state index is 13.0. The van der Waals surface area contributed by atoms with E-state index < -0.39 is 23.8 Å². The maximum absolute atomic E-state index is 13.0. The van der Waals surface area contributed by atoms with Crippen LogP contribution >= 0.6 is 0 Å². The molecule has 0 bridgehead atoms. The highest BCUT2D eigenvalue weighted by molar-refractivity contribution is 5.24. The number of halogens is 2. The van der Waals surface area contributed by atoms with Gasteiger partial charge in [-0.25, -0.2) is 8.78 Å². The Balaban J connectivity index is 2.13. The van der Waals surface area contributed by atoms with Gasteiger partial charge in [-0.15, -0.1) is 0 Å². The molecule has 0 saturated heterocycles. The summed E-state index contributed by atoms with van der Waals surface area (Å²) in [5.41, 5.74) is -0.227. The summed E-state index contributed by atoms with van der Waals surface area (Å²) in [6.45, 7) is 3.94. The molecular formula is C14H18F2O2. The molecule has 0 aliphatic heterocycles. The van der Waals surface area contributed by atoms with Gasteiger partial charge >= 0.3 is 0 Å². The van der Waals surface area contributed by atoms with Crippen molar-refractivity contribution in [3.8, 4) is 5.75 Å². The Morgan fingerprint density at radius 1 is 1.22 bits per heavy atom. The number of benzene rings is 1. The average Bonchev–Trinajstić information content (AvgIpc) is 2.23. The Hall–Kier alpha value is -1.16. The third-order valence-electron chi connectivity index (χ3n) is 3.59. The molecule has 0 aromatic heterocycles. The van der Waals surface area contributed by atoms with Crippen LogP contribution in [0.1, 0.15) is 33.1 Å². The highest BCUT2D eigenvalue weighted by Gasteiger charge is 2.39. The van der Waals surface area contributed by atoms with Crippen LogP contribution in [0.5, 0.6) is 5.75 Å². The molecule has 0 heterocycles. The van der Waals surface area contributed by atoms with Crippen molar-refractivity contribution in [3.63, 3.8) is 0 Å². The van der Waals surface area contributed by atoms with Gasteiger partial charge in [0.05, 0.1) is 6.10 Å². The Kier molecular flexibility index (Phi) is 3.57. The van der Waals surface area contributed by atoms with Crippen molar-refractivity contribution in [3.05, 3.63) is 29.8 Å². The molecule has 0 spiro atoms. The molecule has 0 radical (unpaired) electrons. The Labute approximate surface area is 106 Å². The molecule has 1 aliphatic rings. The molecule has 2 rings (SSSR count). The zero-order valence-electron chi connectivity index (χ0n) is 10.6. The average molecular weight is 256 g/mol. The number of rotatable bonds is 2. The van der Waals surface area contributed by atoms with Crippen molar-refractivity contribution < 1.29 is 18.6 Å². The lowest BCUT2D eigenvalue weighted by atomic mass is 9.73. The van der Waals surface area contributed by atoms with Crippen LogP contribution in [0, 0.1) is 17.0 Å². The van der Waals surface area contributed by atoms with Crippen molar-refractivity contribution in [1.29, 1.82) is 0 Å². The normalized spacial score (nSPS) is 26.9. The molecule has 1 aromatic rings. The lowest BCUT2D eigenvalue weighted by Gasteiger charge is -2.40. The van der Waals surface area contributed by atoms with Gasteiger partial charge in [0.2, 0.25) is 0 Å². The van der Waals surface area contributed by atoms with Crippen LogP contribution in [-0.4, -0.2) is 17.3 Å². The molecule has 1 N–H and O–H groups in total. The van der Waals surface area contributed by atoms with Crippen LogP contribution in [0.25, 0.3) is 0 Å². The molecule has 100 valence electrons. The van der Waals surface area contributed by atoms with Gasteiger partial charge in [0.25, 0.3) is 0 Å². The van der Waals surface area contributed by atoms with E-state index in [9.17, 15) is 13.9 Å². The molecule has 1 fully saturated rings. The van der Waals surface area contributed by atoms with Crippen LogP contribution in [-0.2, 0) is 0 Å². The quantitative estimate of drug-likeness (QED) is 0.880. The summed E-state index contributed by atoms with van der Waals surface area (Å²) in [6, 6.07) is 3.07. The summed E-state index contributed by atoms with van der Waals surface area (Å²) in [6.07, 6.45) is 1.52. The van der Waals surface area contributed by atoms with E-state index in [1.165, 1.54) is 0 Å². The van der Waals surface area contributed by atoms with Gasteiger partial charge in [0.15, 0.2) is 0 Å². The van der Waals surface area contributed by atoms with Gasteiger partial charge in [-0.2, -0.15) is 0 Å². The summed E-state index contributed by atoms with van der Waals surface area (Å²) < 4.78 is 31.6. The van der Waals surface area contributed by atoms with Crippen LogP contribution in [0.15, 0.2) is 18.2 Å². The minimum atomic E-state index is -0.672. The Morgan fingerprint density at radius 2 is 1.83 bits per heavy atom. The second-order valence-electron chi connectivity index (χ2n) is 5.59. The third kappa shape index (κ3) is 2.80. The fourth-order valence-electron chi connectivity index (χ4n) is 2.46. The first-order valence-corrected chi connectivity index (χ1v) is 6.19. The summed E-state index contributed by atoms with van der Waals surface area (Å²) in [5.74, 6) is -1.21. The van der Waals surface area contributed by atoms with Gasteiger partial charge in [-0.1, -0.05) is 13.8 Å². The molecule has 2 atom stereocenters. The smallest absolute Gasteiger partial charge is 0.129 e. The molecule has 2 nitrogen and oxygen atoms in total. The Morgan fingerprint density at radius 3 is 2.44 bits per heavy atom. The number of aliphatic hydroxyl groups excluding tert-OH is 1. The fraction of sp³-hybridized carbons (Fsp3) is 0.571. The first-order chi connectivity index (χ1) is 8.38. The van der Waals surface area contributed by atoms with Crippen LogP contribution in [0.3, 0.4) is 0 Å². The van der Waals surface area contributed by atoms with E-state index in [4.69, 9.17) is 4.74 Å². The summed E-state index contributed by atoms with van der Waals surface area (Å²) in [5, 5.41) is 10.2. The molecule has 1 aliphatic carbocycles. The molecule has 1 saturated carbocycles. The monoisotopic (exact) mass is 256 g/mol. The Bertz CT molecular complexity index is 412. The van der Waals surface area contributed by atoms with E-state index in [2.05, 4.69) is 0 Å². The van der Waals surface area contributed by atoms with Gasteiger partial charge in [-0.3, -0.25) is 0 Å². The predicted octanol–water partition coefficient (Wildman–Crippen LogP) is 3.28. The number of ether oxygens (including phenoxy) is 1. The minimum Gasteiger partial charge on any atom is -0.487 e. The van der Waals surface area contributed by atoms with E-state index >= 15 is 0 Å². The van der Waals surface area contributed by atoms with Crippen molar-refractivity contribution >= 4 is 0 Å². The second kappa shape index (κ2) is 4.84. The molecule has 2 unspecified atom stereocenters. The van der Waals surface area contributed by atoms with E-state index in [0.717, 1.165) is 31.0 Å². The summed E-state index contributed by atoms with van der Waals surface area (Å²) >= 11 is 0. The molecule has 18 heavy (non-hydrogen) atoms. The van der Waals surface area contributed by atoms with E-state index in [1.54, 1.807) is 0 Å².